The summed E-state index contributed by atoms with van der Waals surface area (Å²) in [5, 5.41) is 0. The third-order valence-corrected chi connectivity index (χ3v) is 2.72. The minimum absolute atomic E-state index is 0.0152. The van der Waals surface area contributed by atoms with Crippen molar-refractivity contribution in [3.8, 4) is 0 Å². The lowest BCUT2D eigenvalue weighted by atomic mass is 9.77. The van der Waals surface area contributed by atoms with E-state index in [9.17, 15) is 0 Å². The molecule has 1 aliphatic carbocycles. The highest BCUT2D eigenvalue weighted by Crippen LogP contribution is 2.32. The summed E-state index contributed by atoms with van der Waals surface area (Å²) in [6.07, 6.45) is 2.34. The molecule has 0 atom stereocenters. The molecule has 2 rings (SSSR count). The maximum atomic E-state index is 5.90. The molecule has 0 unspecified atom stereocenters. The molecular formula is C12H17NO. The van der Waals surface area contributed by atoms with E-state index in [-0.39, 0.29) is 5.54 Å². The molecule has 1 fully saturated rings. The molecule has 1 aliphatic rings. The lowest BCUT2D eigenvalue weighted by Crippen LogP contribution is -2.52. The van der Waals surface area contributed by atoms with Crippen molar-refractivity contribution in [3.05, 3.63) is 35.9 Å². The minimum Gasteiger partial charge on any atom is -0.373 e. The first-order chi connectivity index (χ1) is 6.66. The fourth-order valence-corrected chi connectivity index (χ4v) is 1.89. The molecule has 1 aromatic rings. The van der Waals surface area contributed by atoms with Crippen LogP contribution in [0.2, 0.25) is 0 Å². The van der Waals surface area contributed by atoms with E-state index < -0.39 is 0 Å². The predicted molar refractivity (Wildman–Crippen MR) is 56.8 cm³/mol. The summed E-state index contributed by atoms with van der Waals surface area (Å²) in [5.41, 5.74) is 7.15. The molecule has 76 valence electrons. The van der Waals surface area contributed by atoms with Gasteiger partial charge in [0.1, 0.15) is 0 Å². The molecule has 2 heteroatoms. The van der Waals surface area contributed by atoms with Crippen molar-refractivity contribution in [1.82, 2.24) is 0 Å². The van der Waals surface area contributed by atoms with Gasteiger partial charge >= 0.3 is 0 Å². The van der Waals surface area contributed by atoms with Crippen molar-refractivity contribution in [2.24, 2.45) is 5.73 Å². The highest BCUT2D eigenvalue weighted by molar-refractivity contribution is 5.13. The van der Waals surface area contributed by atoms with Crippen LogP contribution in [0, 0.1) is 0 Å². The highest BCUT2D eigenvalue weighted by Gasteiger charge is 2.37. The number of nitrogens with two attached hydrogens (primary N) is 1. The van der Waals surface area contributed by atoms with Crippen molar-refractivity contribution < 1.29 is 4.74 Å². The summed E-state index contributed by atoms with van der Waals surface area (Å²) in [6.45, 7) is 2.79. The van der Waals surface area contributed by atoms with Gasteiger partial charge in [-0.2, -0.15) is 0 Å². The van der Waals surface area contributed by atoms with Gasteiger partial charge in [-0.1, -0.05) is 30.3 Å². The number of hydrogen-bond acceptors (Lipinski definition) is 2. The molecule has 0 bridgehead atoms. The summed E-state index contributed by atoms with van der Waals surface area (Å²) in [7, 11) is 0. The smallest absolute Gasteiger partial charge is 0.0720 e. The van der Waals surface area contributed by atoms with E-state index in [2.05, 4.69) is 19.1 Å². The highest BCUT2D eigenvalue weighted by atomic mass is 16.5. The van der Waals surface area contributed by atoms with Crippen molar-refractivity contribution in [1.29, 1.82) is 0 Å². The van der Waals surface area contributed by atoms with Crippen LogP contribution in [-0.4, -0.2) is 11.6 Å². The van der Waals surface area contributed by atoms with Crippen LogP contribution in [0.4, 0.5) is 0 Å². The maximum absolute atomic E-state index is 5.90. The van der Waals surface area contributed by atoms with Gasteiger partial charge in [0.2, 0.25) is 0 Å². The summed E-state index contributed by atoms with van der Waals surface area (Å²) in [4.78, 5) is 0. The quantitative estimate of drug-likeness (QED) is 0.794. The zero-order chi connectivity index (χ0) is 10.0. The van der Waals surface area contributed by atoms with Gasteiger partial charge in [0.25, 0.3) is 0 Å². The largest absolute Gasteiger partial charge is 0.373 e. The third kappa shape index (κ3) is 2.34. The van der Waals surface area contributed by atoms with Crippen LogP contribution in [-0.2, 0) is 11.3 Å². The van der Waals surface area contributed by atoms with E-state index >= 15 is 0 Å². The zero-order valence-electron chi connectivity index (χ0n) is 8.57. The Morgan fingerprint density at radius 1 is 1.36 bits per heavy atom. The number of rotatable bonds is 3. The molecule has 1 aromatic carbocycles. The number of hydrogen-bond donors (Lipinski definition) is 1. The molecule has 0 radical (unpaired) electrons. The lowest BCUT2D eigenvalue weighted by molar-refractivity contribution is -0.0461. The molecule has 0 spiro atoms. The summed E-state index contributed by atoms with van der Waals surface area (Å²) in [5.74, 6) is 0. The second kappa shape index (κ2) is 3.71. The van der Waals surface area contributed by atoms with E-state index in [4.69, 9.17) is 10.5 Å². The Morgan fingerprint density at radius 3 is 2.57 bits per heavy atom. The molecule has 0 amide bonds. The van der Waals surface area contributed by atoms with Gasteiger partial charge in [-0.05, 0) is 25.3 Å². The SMILES string of the molecule is CC1(N)CC(OCc2ccccc2)C1. The van der Waals surface area contributed by atoms with Gasteiger partial charge in [-0.25, -0.2) is 0 Å². The van der Waals surface area contributed by atoms with Crippen LogP contribution >= 0.6 is 0 Å². The summed E-state index contributed by atoms with van der Waals surface area (Å²) < 4.78 is 5.72. The van der Waals surface area contributed by atoms with Crippen molar-refractivity contribution in [3.63, 3.8) is 0 Å². The first-order valence-electron chi connectivity index (χ1n) is 5.10. The minimum atomic E-state index is 0.0152. The second-order valence-corrected chi connectivity index (χ2v) is 4.48. The van der Waals surface area contributed by atoms with Gasteiger partial charge in [0.15, 0.2) is 0 Å². The Morgan fingerprint density at radius 2 is 2.00 bits per heavy atom. The van der Waals surface area contributed by atoms with Crippen molar-refractivity contribution in [2.45, 2.75) is 38.0 Å². The molecule has 0 aromatic heterocycles. The molecule has 2 N–H and O–H groups in total. The van der Waals surface area contributed by atoms with E-state index in [1.807, 2.05) is 18.2 Å². The fourth-order valence-electron chi connectivity index (χ4n) is 1.89. The van der Waals surface area contributed by atoms with Crippen LogP contribution in [0.15, 0.2) is 30.3 Å². The standard InChI is InChI=1S/C12H17NO/c1-12(13)7-11(8-12)14-9-10-5-3-2-4-6-10/h2-6,11H,7-9,13H2,1H3. The van der Waals surface area contributed by atoms with Gasteiger partial charge < -0.3 is 10.5 Å². The van der Waals surface area contributed by atoms with Gasteiger partial charge in [0, 0.05) is 5.54 Å². The molecule has 14 heavy (non-hydrogen) atoms. The van der Waals surface area contributed by atoms with Gasteiger partial charge in [-0.15, -0.1) is 0 Å². The number of ether oxygens (including phenoxy) is 1. The Bertz CT molecular complexity index is 286. The molecule has 0 heterocycles. The maximum Gasteiger partial charge on any atom is 0.0720 e. The number of benzene rings is 1. The van der Waals surface area contributed by atoms with Crippen LogP contribution in [0.5, 0.6) is 0 Å². The van der Waals surface area contributed by atoms with Crippen LogP contribution < -0.4 is 5.73 Å². The van der Waals surface area contributed by atoms with E-state index in [0.29, 0.717) is 12.7 Å². The second-order valence-electron chi connectivity index (χ2n) is 4.48. The Hall–Kier alpha value is -0.860. The molecule has 0 saturated heterocycles. The van der Waals surface area contributed by atoms with Crippen molar-refractivity contribution >= 4 is 0 Å². The van der Waals surface area contributed by atoms with E-state index in [0.717, 1.165) is 12.8 Å². The van der Waals surface area contributed by atoms with Crippen molar-refractivity contribution in [2.75, 3.05) is 0 Å². The van der Waals surface area contributed by atoms with E-state index in [1.165, 1.54) is 5.56 Å². The van der Waals surface area contributed by atoms with Gasteiger partial charge in [0.05, 0.1) is 12.7 Å². The predicted octanol–water partition coefficient (Wildman–Crippen LogP) is 2.08. The molecule has 0 aliphatic heterocycles. The normalized spacial score (nSPS) is 31.1. The Labute approximate surface area is 85.1 Å². The summed E-state index contributed by atoms with van der Waals surface area (Å²) in [6, 6.07) is 10.3. The fraction of sp³-hybridized carbons (Fsp3) is 0.500. The third-order valence-electron chi connectivity index (χ3n) is 2.72. The first kappa shape index (κ1) is 9.69. The van der Waals surface area contributed by atoms with Crippen LogP contribution in [0.25, 0.3) is 0 Å². The topological polar surface area (TPSA) is 35.2 Å². The van der Waals surface area contributed by atoms with Crippen LogP contribution in [0.1, 0.15) is 25.3 Å². The van der Waals surface area contributed by atoms with Gasteiger partial charge in [-0.3, -0.25) is 0 Å². The first-order valence-corrected chi connectivity index (χ1v) is 5.10. The molecule has 1 saturated carbocycles. The summed E-state index contributed by atoms with van der Waals surface area (Å²) >= 11 is 0. The average Bonchev–Trinajstić information content (AvgIpc) is 2.13. The van der Waals surface area contributed by atoms with E-state index in [1.54, 1.807) is 0 Å². The lowest BCUT2D eigenvalue weighted by Gasteiger charge is -2.41. The Balaban J connectivity index is 1.75. The Kier molecular flexibility index (Phi) is 2.57. The zero-order valence-corrected chi connectivity index (χ0v) is 8.57. The van der Waals surface area contributed by atoms with Crippen LogP contribution in [0.3, 0.4) is 0 Å². The molecular weight excluding hydrogens is 174 g/mol. The average molecular weight is 191 g/mol. The molecule has 2 nitrogen and oxygen atoms in total. The monoisotopic (exact) mass is 191 g/mol.